The molecule has 1 heterocycles. The minimum atomic E-state index is -0.495. The van der Waals surface area contributed by atoms with Gasteiger partial charge in [-0.3, -0.25) is 4.90 Å². The van der Waals surface area contributed by atoms with Crippen LogP contribution in [0.25, 0.3) is 0 Å². The predicted molar refractivity (Wildman–Crippen MR) is 68.6 cm³/mol. The summed E-state index contributed by atoms with van der Waals surface area (Å²) in [7, 11) is 0. The lowest BCUT2D eigenvalue weighted by molar-refractivity contribution is 0.156. The van der Waals surface area contributed by atoms with Crippen molar-refractivity contribution in [1.29, 1.82) is 0 Å². The summed E-state index contributed by atoms with van der Waals surface area (Å²) in [6, 6.07) is 3.74. The zero-order valence-electron chi connectivity index (χ0n) is 11.0. The molecule has 1 fully saturated rings. The first-order valence-electron chi connectivity index (χ1n) is 6.37. The van der Waals surface area contributed by atoms with E-state index in [1.807, 2.05) is 0 Å². The number of hydrogen-bond acceptors (Lipinski definition) is 2. The van der Waals surface area contributed by atoms with E-state index in [1.165, 1.54) is 12.1 Å². The van der Waals surface area contributed by atoms with E-state index in [0.717, 1.165) is 37.8 Å². The first-order chi connectivity index (χ1) is 8.44. The molecule has 0 spiro atoms. The maximum Gasteiger partial charge on any atom is 0.126 e. The average Bonchev–Trinajstić information content (AvgIpc) is 2.24. The van der Waals surface area contributed by atoms with Gasteiger partial charge in [0.1, 0.15) is 11.6 Å². The lowest BCUT2D eigenvalue weighted by Gasteiger charge is -2.39. The highest BCUT2D eigenvalue weighted by atomic mass is 19.1. The number of hydrogen-bond donors (Lipinski definition) is 1. The predicted octanol–water partition coefficient (Wildman–Crippen LogP) is 2.19. The summed E-state index contributed by atoms with van der Waals surface area (Å²) in [6.07, 6.45) is 0.685. The van der Waals surface area contributed by atoms with Crippen LogP contribution in [0.2, 0.25) is 0 Å². The summed E-state index contributed by atoms with van der Waals surface area (Å²) in [4.78, 5) is 2.33. The van der Waals surface area contributed by atoms with Crippen LogP contribution in [0.4, 0.5) is 8.78 Å². The van der Waals surface area contributed by atoms with Crippen LogP contribution in [0.1, 0.15) is 19.4 Å². The molecule has 0 atom stereocenters. The fourth-order valence-corrected chi connectivity index (χ4v) is 2.48. The van der Waals surface area contributed by atoms with Crippen molar-refractivity contribution < 1.29 is 8.78 Å². The third-order valence-corrected chi connectivity index (χ3v) is 3.29. The molecule has 0 amide bonds. The number of piperazine rings is 1. The Labute approximate surface area is 107 Å². The van der Waals surface area contributed by atoms with Crippen LogP contribution in [-0.2, 0) is 6.42 Å². The largest absolute Gasteiger partial charge is 0.309 e. The van der Waals surface area contributed by atoms with Gasteiger partial charge in [-0.25, -0.2) is 8.78 Å². The highest BCUT2D eigenvalue weighted by Crippen LogP contribution is 2.13. The summed E-state index contributed by atoms with van der Waals surface area (Å²) in [5.41, 5.74) is 0.842. The fraction of sp³-hybridized carbons (Fsp3) is 0.571. The van der Waals surface area contributed by atoms with Gasteiger partial charge in [0.2, 0.25) is 0 Å². The first-order valence-corrected chi connectivity index (χ1v) is 6.37. The van der Waals surface area contributed by atoms with Crippen LogP contribution in [0.15, 0.2) is 18.2 Å². The van der Waals surface area contributed by atoms with Gasteiger partial charge in [0.25, 0.3) is 0 Å². The molecule has 1 aromatic rings. The van der Waals surface area contributed by atoms with Crippen molar-refractivity contribution in [3.63, 3.8) is 0 Å². The van der Waals surface area contributed by atoms with E-state index in [9.17, 15) is 8.78 Å². The molecule has 0 aliphatic carbocycles. The smallest absolute Gasteiger partial charge is 0.126 e. The number of nitrogens with one attached hydrogen (secondary N) is 1. The van der Waals surface area contributed by atoms with Gasteiger partial charge < -0.3 is 5.32 Å². The topological polar surface area (TPSA) is 15.3 Å². The van der Waals surface area contributed by atoms with E-state index in [0.29, 0.717) is 6.42 Å². The number of benzene rings is 1. The molecule has 1 N–H and O–H groups in total. The van der Waals surface area contributed by atoms with Crippen LogP contribution >= 0.6 is 0 Å². The Balaban J connectivity index is 1.91. The summed E-state index contributed by atoms with van der Waals surface area (Å²) in [5.74, 6) is -0.990. The molecule has 1 saturated heterocycles. The Hall–Kier alpha value is -1.00. The first kappa shape index (κ1) is 13.4. The van der Waals surface area contributed by atoms with Crippen molar-refractivity contribution in [3.05, 3.63) is 35.4 Å². The Morgan fingerprint density at radius 3 is 2.50 bits per heavy atom. The van der Waals surface area contributed by atoms with Gasteiger partial charge in [0.05, 0.1) is 0 Å². The van der Waals surface area contributed by atoms with Gasteiger partial charge in [0, 0.05) is 37.8 Å². The van der Waals surface area contributed by atoms with E-state index in [-0.39, 0.29) is 5.54 Å². The van der Waals surface area contributed by atoms with Crippen molar-refractivity contribution in [2.24, 2.45) is 0 Å². The van der Waals surface area contributed by atoms with Gasteiger partial charge in [-0.2, -0.15) is 0 Å². The van der Waals surface area contributed by atoms with E-state index in [1.54, 1.807) is 0 Å². The second kappa shape index (κ2) is 5.33. The number of halogens is 2. The van der Waals surface area contributed by atoms with Gasteiger partial charge >= 0.3 is 0 Å². The normalized spacial score (nSPS) is 20.0. The van der Waals surface area contributed by atoms with Gasteiger partial charge in [0.15, 0.2) is 0 Å². The molecule has 0 unspecified atom stereocenters. The maximum atomic E-state index is 13.1. The molecule has 0 radical (unpaired) electrons. The third kappa shape index (κ3) is 3.75. The second-order valence-corrected chi connectivity index (χ2v) is 5.61. The standard InChI is InChI=1S/C14H20F2N2/c1-14(2)10-18(6-4-17-14)5-3-11-7-12(15)9-13(16)8-11/h7-9,17H,3-6,10H2,1-2H3. The molecule has 100 valence electrons. The third-order valence-electron chi connectivity index (χ3n) is 3.29. The van der Waals surface area contributed by atoms with Crippen LogP contribution in [0.5, 0.6) is 0 Å². The Kier molecular flexibility index (Phi) is 3.97. The molecule has 18 heavy (non-hydrogen) atoms. The number of nitrogens with zero attached hydrogens (tertiary/aromatic N) is 1. The van der Waals surface area contributed by atoms with Crippen LogP contribution in [0, 0.1) is 11.6 Å². The highest BCUT2D eigenvalue weighted by molar-refractivity contribution is 5.18. The van der Waals surface area contributed by atoms with Crippen LogP contribution < -0.4 is 5.32 Å². The van der Waals surface area contributed by atoms with Crippen LogP contribution in [0.3, 0.4) is 0 Å². The fourth-order valence-electron chi connectivity index (χ4n) is 2.48. The van der Waals surface area contributed by atoms with Gasteiger partial charge in [-0.05, 0) is 38.0 Å². The summed E-state index contributed by atoms with van der Waals surface area (Å²) in [5, 5.41) is 3.44. The molecule has 2 rings (SSSR count). The number of rotatable bonds is 3. The molecule has 0 aromatic heterocycles. The Morgan fingerprint density at radius 2 is 1.89 bits per heavy atom. The van der Waals surface area contributed by atoms with Crippen LogP contribution in [-0.4, -0.2) is 36.6 Å². The molecule has 0 saturated carbocycles. The summed E-state index contributed by atoms with van der Waals surface area (Å²) < 4.78 is 26.1. The van der Waals surface area contributed by atoms with E-state index in [2.05, 4.69) is 24.1 Å². The summed E-state index contributed by atoms with van der Waals surface area (Å²) in [6.45, 7) is 8.09. The van der Waals surface area contributed by atoms with E-state index >= 15 is 0 Å². The summed E-state index contributed by atoms with van der Waals surface area (Å²) >= 11 is 0. The van der Waals surface area contributed by atoms with Crippen molar-refractivity contribution >= 4 is 0 Å². The monoisotopic (exact) mass is 254 g/mol. The molecule has 1 aromatic carbocycles. The van der Waals surface area contributed by atoms with Gasteiger partial charge in [-0.15, -0.1) is 0 Å². The van der Waals surface area contributed by atoms with Crippen molar-refractivity contribution in [1.82, 2.24) is 10.2 Å². The Morgan fingerprint density at radius 1 is 1.22 bits per heavy atom. The van der Waals surface area contributed by atoms with Crippen molar-refractivity contribution in [3.8, 4) is 0 Å². The highest BCUT2D eigenvalue weighted by Gasteiger charge is 2.25. The Bertz CT molecular complexity index is 398. The lowest BCUT2D eigenvalue weighted by Crippen LogP contribution is -2.57. The van der Waals surface area contributed by atoms with Crippen molar-refractivity contribution in [2.45, 2.75) is 25.8 Å². The molecule has 1 aliphatic rings. The average molecular weight is 254 g/mol. The quantitative estimate of drug-likeness (QED) is 0.889. The SMILES string of the molecule is CC1(C)CN(CCc2cc(F)cc(F)c2)CCN1. The molecule has 1 aliphatic heterocycles. The van der Waals surface area contributed by atoms with E-state index in [4.69, 9.17) is 0 Å². The van der Waals surface area contributed by atoms with E-state index < -0.39 is 11.6 Å². The molecule has 2 nitrogen and oxygen atoms in total. The minimum Gasteiger partial charge on any atom is -0.309 e. The molecule has 0 bridgehead atoms. The van der Waals surface area contributed by atoms with Gasteiger partial charge in [-0.1, -0.05) is 0 Å². The zero-order chi connectivity index (χ0) is 13.2. The molecular weight excluding hydrogens is 234 g/mol. The molecular formula is C14H20F2N2. The lowest BCUT2D eigenvalue weighted by atomic mass is 10.0. The zero-order valence-corrected chi connectivity index (χ0v) is 11.0. The maximum absolute atomic E-state index is 13.1. The molecule has 4 heteroatoms. The second-order valence-electron chi connectivity index (χ2n) is 5.61. The van der Waals surface area contributed by atoms with Crippen molar-refractivity contribution in [2.75, 3.05) is 26.2 Å². The minimum absolute atomic E-state index is 0.117.